The molecule has 1 aliphatic carbocycles. The Balaban J connectivity index is 1.52. The van der Waals surface area contributed by atoms with Gasteiger partial charge in [0.15, 0.2) is 5.96 Å². The van der Waals surface area contributed by atoms with Gasteiger partial charge in [0.2, 0.25) is 0 Å². The minimum atomic E-state index is -0.378. The molecule has 1 aliphatic heterocycles. The number of nitro benzene ring substituents is 1. The largest absolute Gasteiger partial charge is 0.379 e. The van der Waals surface area contributed by atoms with Crippen LogP contribution in [0.4, 0.5) is 5.69 Å². The van der Waals surface area contributed by atoms with Crippen LogP contribution in [0.25, 0.3) is 0 Å². The number of benzene rings is 1. The number of hydrogen-bond donors (Lipinski definition) is 2. The molecule has 1 heterocycles. The zero-order chi connectivity index (χ0) is 20.3. The summed E-state index contributed by atoms with van der Waals surface area (Å²) in [6.07, 6.45) is 6.58. The molecule has 8 nitrogen and oxygen atoms in total. The van der Waals surface area contributed by atoms with E-state index >= 15 is 0 Å². The Labute approximate surface area is 172 Å². The molecular formula is C21H33N5O3. The molecule has 3 rings (SSSR count). The Morgan fingerprint density at radius 3 is 2.55 bits per heavy atom. The topological polar surface area (TPSA) is 92.0 Å². The quantitative estimate of drug-likeness (QED) is 0.300. The Morgan fingerprint density at radius 1 is 1.14 bits per heavy atom. The Bertz CT molecular complexity index is 653. The number of rotatable bonds is 8. The average Bonchev–Trinajstić information content (AvgIpc) is 2.77. The fourth-order valence-electron chi connectivity index (χ4n) is 3.86. The third-order valence-electron chi connectivity index (χ3n) is 5.67. The van der Waals surface area contributed by atoms with Crippen molar-refractivity contribution in [2.24, 2.45) is 10.9 Å². The first-order valence-corrected chi connectivity index (χ1v) is 10.8. The Morgan fingerprint density at radius 2 is 1.86 bits per heavy atom. The van der Waals surface area contributed by atoms with E-state index in [1.807, 2.05) is 0 Å². The molecule has 8 heteroatoms. The predicted octanol–water partition coefficient (Wildman–Crippen LogP) is 2.54. The molecule has 0 radical (unpaired) electrons. The van der Waals surface area contributed by atoms with Crippen LogP contribution in [0, 0.1) is 16.0 Å². The van der Waals surface area contributed by atoms with Crippen molar-refractivity contribution >= 4 is 11.6 Å². The number of non-ortho nitro benzene ring substituents is 1. The summed E-state index contributed by atoms with van der Waals surface area (Å²) in [5, 5.41) is 17.8. The van der Waals surface area contributed by atoms with E-state index in [9.17, 15) is 10.1 Å². The number of guanidine groups is 1. The average molecular weight is 404 g/mol. The van der Waals surface area contributed by atoms with Crippen molar-refractivity contribution in [2.45, 2.75) is 38.6 Å². The van der Waals surface area contributed by atoms with Gasteiger partial charge in [-0.25, -0.2) is 4.99 Å². The molecule has 0 aromatic heterocycles. The minimum absolute atomic E-state index is 0.108. The summed E-state index contributed by atoms with van der Waals surface area (Å²) in [5.41, 5.74) is 1.07. The zero-order valence-corrected chi connectivity index (χ0v) is 17.1. The van der Waals surface area contributed by atoms with Crippen LogP contribution in [-0.4, -0.2) is 61.7 Å². The third-order valence-corrected chi connectivity index (χ3v) is 5.67. The van der Waals surface area contributed by atoms with Crippen LogP contribution in [0.3, 0.4) is 0 Å². The van der Waals surface area contributed by atoms with Crippen molar-refractivity contribution < 1.29 is 9.66 Å². The van der Waals surface area contributed by atoms with Crippen LogP contribution in [0.15, 0.2) is 29.3 Å². The second-order valence-corrected chi connectivity index (χ2v) is 7.85. The highest BCUT2D eigenvalue weighted by atomic mass is 16.6. The van der Waals surface area contributed by atoms with Gasteiger partial charge in [-0.05, 0) is 24.3 Å². The fourth-order valence-corrected chi connectivity index (χ4v) is 3.86. The number of ether oxygens (including phenoxy) is 1. The maximum absolute atomic E-state index is 10.8. The van der Waals surface area contributed by atoms with E-state index in [4.69, 9.17) is 9.73 Å². The molecule has 2 fully saturated rings. The molecule has 29 heavy (non-hydrogen) atoms. The van der Waals surface area contributed by atoms with Gasteiger partial charge in [0, 0.05) is 44.9 Å². The van der Waals surface area contributed by atoms with Crippen LogP contribution < -0.4 is 10.6 Å². The first kappa shape index (κ1) is 21.5. The molecule has 0 spiro atoms. The molecule has 2 N–H and O–H groups in total. The summed E-state index contributed by atoms with van der Waals surface area (Å²) in [7, 11) is 0. The summed E-state index contributed by atoms with van der Waals surface area (Å²) in [6.45, 7) is 6.81. The zero-order valence-electron chi connectivity index (χ0n) is 17.1. The molecule has 0 unspecified atom stereocenters. The van der Waals surface area contributed by atoms with Gasteiger partial charge in [-0.15, -0.1) is 0 Å². The molecule has 1 saturated heterocycles. The standard InChI is InChI=1S/C21H33N5O3/c27-26(28)20-8-6-19(7-9-20)17-24-21(23-16-18-4-2-1-3-5-18)22-10-11-25-12-14-29-15-13-25/h6-9,18H,1-5,10-17H2,(H2,22,23,24). The number of morpholine rings is 1. The van der Waals surface area contributed by atoms with E-state index < -0.39 is 0 Å². The van der Waals surface area contributed by atoms with Crippen LogP contribution in [0.2, 0.25) is 0 Å². The first-order chi connectivity index (χ1) is 14.2. The van der Waals surface area contributed by atoms with Crippen LogP contribution in [-0.2, 0) is 11.3 Å². The van der Waals surface area contributed by atoms with Crippen LogP contribution >= 0.6 is 0 Å². The highest BCUT2D eigenvalue weighted by molar-refractivity contribution is 5.79. The molecule has 2 aliphatic rings. The van der Waals surface area contributed by atoms with E-state index in [1.54, 1.807) is 12.1 Å². The summed E-state index contributed by atoms with van der Waals surface area (Å²) in [4.78, 5) is 17.5. The lowest BCUT2D eigenvalue weighted by Crippen LogP contribution is -2.45. The minimum Gasteiger partial charge on any atom is -0.379 e. The summed E-state index contributed by atoms with van der Waals surface area (Å²) >= 11 is 0. The monoisotopic (exact) mass is 403 g/mol. The number of nitro groups is 1. The molecule has 1 aromatic carbocycles. The van der Waals surface area contributed by atoms with Gasteiger partial charge in [0.1, 0.15) is 0 Å². The summed E-state index contributed by atoms with van der Waals surface area (Å²) < 4.78 is 5.40. The number of nitrogens with zero attached hydrogens (tertiary/aromatic N) is 3. The molecule has 0 amide bonds. The molecular weight excluding hydrogens is 370 g/mol. The molecule has 160 valence electrons. The molecule has 0 atom stereocenters. The van der Waals surface area contributed by atoms with E-state index in [0.717, 1.165) is 63.4 Å². The highest BCUT2D eigenvalue weighted by Gasteiger charge is 2.14. The lowest BCUT2D eigenvalue weighted by molar-refractivity contribution is -0.384. The van der Waals surface area contributed by atoms with Crippen molar-refractivity contribution in [3.05, 3.63) is 39.9 Å². The fraction of sp³-hybridized carbons (Fsp3) is 0.667. The second kappa shape index (κ2) is 11.7. The van der Waals surface area contributed by atoms with Crippen molar-refractivity contribution in [1.29, 1.82) is 0 Å². The first-order valence-electron chi connectivity index (χ1n) is 10.8. The van der Waals surface area contributed by atoms with Gasteiger partial charge in [0.25, 0.3) is 5.69 Å². The lowest BCUT2D eigenvalue weighted by Gasteiger charge is -2.27. The van der Waals surface area contributed by atoms with Crippen molar-refractivity contribution in [3.63, 3.8) is 0 Å². The number of hydrogen-bond acceptors (Lipinski definition) is 5. The second-order valence-electron chi connectivity index (χ2n) is 7.85. The number of aliphatic imine (C=N–C) groups is 1. The predicted molar refractivity (Wildman–Crippen MR) is 114 cm³/mol. The van der Waals surface area contributed by atoms with Gasteiger partial charge in [-0.3, -0.25) is 15.0 Å². The smallest absolute Gasteiger partial charge is 0.269 e. The summed E-state index contributed by atoms with van der Waals surface area (Å²) in [6, 6.07) is 6.61. The van der Waals surface area contributed by atoms with E-state index in [2.05, 4.69) is 15.5 Å². The van der Waals surface area contributed by atoms with Gasteiger partial charge in [0.05, 0.1) is 24.7 Å². The van der Waals surface area contributed by atoms with Crippen molar-refractivity contribution in [2.75, 3.05) is 45.9 Å². The maximum atomic E-state index is 10.8. The van der Waals surface area contributed by atoms with Crippen LogP contribution in [0.1, 0.15) is 37.7 Å². The van der Waals surface area contributed by atoms with Gasteiger partial charge in [-0.1, -0.05) is 31.4 Å². The van der Waals surface area contributed by atoms with E-state index in [0.29, 0.717) is 6.54 Å². The Hall–Kier alpha value is -2.19. The van der Waals surface area contributed by atoms with Gasteiger partial charge in [-0.2, -0.15) is 0 Å². The third kappa shape index (κ3) is 7.62. The number of nitrogens with one attached hydrogen (secondary N) is 2. The lowest BCUT2D eigenvalue weighted by atomic mass is 9.89. The molecule has 0 bridgehead atoms. The van der Waals surface area contributed by atoms with Crippen LogP contribution in [0.5, 0.6) is 0 Å². The highest BCUT2D eigenvalue weighted by Crippen LogP contribution is 2.22. The SMILES string of the molecule is O=[N+]([O-])c1ccc(CN=C(NCCN2CCOCC2)NCC2CCCCC2)cc1. The van der Waals surface area contributed by atoms with Crippen molar-refractivity contribution in [1.82, 2.24) is 15.5 Å². The Kier molecular flexibility index (Phi) is 8.70. The normalized spacial score (nSPS) is 19.1. The molecule has 1 saturated carbocycles. The maximum Gasteiger partial charge on any atom is 0.269 e. The van der Waals surface area contributed by atoms with Crippen molar-refractivity contribution in [3.8, 4) is 0 Å². The van der Waals surface area contributed by atoms with Gasteiger partial charge < -0.3 is 15.4 Å². The molecule has 1 aromatic rings. The van der Waals surface area contributed by atoms with E-state index in [1.165, 1.54) is 44.2 Å². The van der Waals surface area contributed by atoms with Gasteiger partial charge >= 0.3 is 0 Å². The summed E-state index contributed by atoms with van der Waals surface area (Å²) in [5.74, 6) is 1.54. The van der Waals surface area contributed by atoms with E-state index in [-0.39, 0.29) is 10.6 Å².